The molecule has 1 heterocycles. The van der Waals surface area contributed by atoms with Gasteiger partial charge in [-0.3, -0.25) is 0 Å². The summed E-state index contributed by atoms with van der Waals surface area (Å²) in [5, 5.41) is 6.20. The van der Waals surface area contributed by atoms with Crippen molar-refractivity contribution in [3.05, 3.63) is 23.8 Å². The molecule has 96 valence electrons. The van der Waals surface area contributed by atoms with Gasteiger partial charge in [-0.05, 0) is 18.2 Å². The molecule has 0 aliphatic rings. The van der Waals surface area contributed by atoms with Gasteiger partial charge < -0.3 is 0 Å². The lowest BCUT2D eigenvalue weighted by molar-refractivity contribution is -0.137. The van der Waals surface area contributed by atoms with Gasteiger partial charge in [0.2, 0.25) is 9.84 Å². The molecule has 1 aromatic carbocycles. The molecule has 0 amide bonds. The Kier molecular flexibility index (Phi) is 2.73. The highest BCUT2D eigenvalue weighted by Crippen LogP contribution is 2.30. The Balaban J connectivity index is 2.63. The largest absolute Gasteiger partial charge is 0.416 e. The summed E-state index contributed by atoms with van der Waals surface area (Å²) < 4.78 is 59.6. The molecule has 9 heteroatoms. The van der Waals surface area contributed by atoms with Crippen LogP contribution in [0.2, 0.25) is 0 Å². The molecule has 0 saturated carbocycles. The third-order valence-corrected chi connectivity index (χ3v) is 2.93. The van der Waals surface area contributed by atoms with Gasteiger partial charge in [-0.25, -0.2) is 13.4 Å². The number of alkyl halides is 3. The summed E-state index contributed by atoms with van der Waals surface area (Å²) in [6.07, 6.45) is -3.61. The third-order valence-electron chi connectivity index (χ3n) is 2.09. The number of fused-ring (bicyclic) bond motifs is 1. The summed E-state index contributed by atoms with van der Waals surface area (Å²) in [6, 6.07) is 2.63. The zero-order valence-corrected chi connectivity index (χ0v) is 9.75. The molecular weight excluding hydrogens is 271 g/mol. The van der Waals surface area contributed by atoms with Gasteiger partial charge in [0.15, 0.2) is 0 Å². The fourth-order valence-electron chi connectivity index (χ4n) is 1.25. The fourth-order valence-corrected chi connectivity index (χ4v) is 1.71. The first-order chi connectivity index (χ1) is 8.18. The van der Waals surface area contributed by atoms with E-state index >= 15 is 0 Å². The maximum Gasteiger partial charge on any atom is 0.416 e. The minimum Gasteiger partial charge on any atom is -0.221 e. The number of aromatic nitrogens is 3. The van der Waals surface area contributed by atoms with E-state index in [-0.39, 0.29) is 11.0 Å². The lowest BCUT2D eigenvalue weighted by atomic mass is 10.2. The number of hydrogen-bond donors (Lipinski definition) is 0. The van der Waals surface area contributed by atoms with E-state index < -0.39 is 26.7 Å². The number of hydrogen-bond acceptors (Lipinski definition) is 5. The van der Waals surface area contributed by atoms with Gasteiger partial charge in [-0.2, -0.15) is 13.2 Å². The SMILES string of the molecule is CS(=O)(=O)c1nnc2cc(C(F)(F)F)ccc2n1. The fraction of sp³-hybridized carbons (Fsp3) is 0.222. The molecule has 5 nitrogen and oxygen atoms in total. The van der Waals surface area contributed by atoms with Crippen LogP contribution in [0.15, 0.2) is 23.4 Å². The molecule has 0 atom stereocenters. The maximum absolute atomic E-state index is 12.4. The van der Waals surface area contributed by atoms with E-state index in [0.717, 1.165) is 24.5 Å². The predicted octanol–water partition coefficient (Wildman–Crippen LogP) is 1.45. The molecule has 1 aromatic heterocycles. The van der Waals surface area contributed by atoms with Crippen LogP contribution >= 0.6 is 0 Å². The van der Waals surface area contributed by atoms with Gasteiger partial charge >= 0.3 is 6.18 Å². The van der Waals surface area contributed by atoms with Crippen molar-refractivity contribution in [1.82, 2.24) is 15.2 Å². The molecule has 2 aromatic rings. The van der Waals surface area contributed by atoms with Gasteiger partial charge in [-0.1, -0.05) is 0 Å². The first-order valence-electron chi connectivity index (χ1n) is 4.60. The Bertz CT molecular complexity index is 713. The van der Waals surface area contributed by atoms with Gasteiger partial charge in [0.1, 0.15) is 5.52 Å². The second-order valence-electron chi connectivity index (χ2n) is 3.57. The molecule has 0 aliphatic heterocycles. The molecule has 0 spiro atoms. The summed E-state index contributed by atoms with van der Waals surface area (Å²) >= 11 is 0. The van der Waals surface area contributed by atoms with Crippen LogP contribution in [-0.2, 0) is 16.0 Å². The van der Waals surface area contributed by atoms with Crippen molar-refractivity contribution in [2.75, 3.05) is 6.26 Å². The van der Waals surface area contributed by atoms with Gasteiger partial charge in [0, 0.05) is 6.26 Å². The summed E-state index contributed by atoms with van der Waals surface area (Å²) in [6.45, 7) is 0. The number of halogens is 3. The first kappa shape index (κ1) is 12.7. The highest BCUT2D eigenvalue weighted by molar-refractivity contribution is 7.90. The Hall–Kier alpha value is -1.77. The van der Waals surface area contributed by atoms with E-state index in [0.29, 0.717) is 0 Å². The second-order valence-corrected chi connectivity index (χ2v) is 5.48. The Labute approximate surface area is 99.6 Å². The Morgan fingerprint density at radius 3 is 2.33 bits per heavy atom. The zero-order valence-electron chi connectivity index (χ0n) is 8.93. The molecule has 0 N–H and O–H groups in total. The third kappa shape index (κ3) is 2.40. The molecule has 0 aliphatic carbocycles. The van der Waals surface area contributed by atoms with Crippen LogP contribution in [0.3, 0.4) is 0 Å². The molecule has 0 saturated heterocycles. The van der Waals surface area contributed by atoms with Gasteiger partial charge in [0.05, 0.1) is 11.1 Å². The zero-order chi connectivity index (χ0) is 13.6. The topological polar surface area (TPSA) is 72.8 Å². The summed E-state index contributed by atoms with van der Waals surface area (Å²) in [7, 11) is -3.64. The molecule has 0 bridgehead atoms. The van der Waals surface area contributed by atoms with Crippen LogP contribution in [0.4, 0.5) is 13.2 Å². The molecule has 0 fully saturated rings. The van der Waals surface area contributed by atoms with Crippen molar-refractivity contribution in [3.8, 4) is 0 Å². The number of sulfone groups is 1. The summed E-state index contributed by atoms with van der Waals surface area (Å²) in [5.74, 6) is 0. The van der Waals surface area contributed by atoms with E-state index in [1.807, 2.05) is 0 Å². The van der Waals surface area contributed by atoms with Crippen molar-refractivity contribution in [1.29, 1.82) is 0 Å². The summed E-state index contributed by atoms with van der Waals surface area (Å²) in [4.78, 5) is 3.64. The van der Waals surface area contributed by atoms with Crippen molar-refractivity contribution in [2.45, 2.75) is 11.3 Å². The van der Waals surface area contributed by atoms with Crippen LogP contribution in [0.1, 0.15) is 5.56 Å². The van der Waals surface area contributed by atoms with Crippen LogP contribution in [0.5, 0.6) is 0 Å². The highest BCUT2D eigenvalue weighted by atomic mass is 32.2. The first-order valence-corrected chi connectivity index (χ1v) is 6.49. The quantitative estimate of drug-likeness (QED) is 0.788. The molecule has 0 radical (unpaired) electrons. The smallest absolute Gasteiger partial charge is 0.221 e. The van der Waals surface area contributed by atoms with E-state index in [9.17, 15) is 21.6 Å². The van der Waals surface area contributed by atoms with Gasteiger partial charge in [-0.15, -0.1) is 10.2 Å². The lowest BCUT2D eigenvalue weighted by Crippen LogP contribution is -2.08. The van der Waals surface area contributed by atoms with Crippen LogP contribution < -0.4 is 0 Å². The molecule has 0 unspecified atom stereocenters. The predicted molar refractivity (Wildman–Crippen MR) is 55.4 cm³/mol. The summed E-state index contributed by atoms with van der Waals surface area (Å²) in [5.41, 5.74) is -0.964. The Morgan fingerprint density at radius 1 is 1.11 bits per heavy atom. The van der Waals surface area contributed by atoms with Crippen LogP contribution in [-0.4, -0.2) is 29.9 Å². The van der Waals surface area contributed by atoms with Crippen molar-refractivity contribution in [3.63, 3.8) is 0 Å². The minimum atomic E-state index is -4.49. The standard InChI is InChI=1S/C9H6F3N3O2S/c1-18(16,17)8-13-6-3-2-5(9(10,11)12)4-7(6)14-15-8/h2-4H,1H3. The van der Waals surface area contributed by atoms with E-state index in [2.05, 4.69) is 15.2 Å². The number of benzene rings is 1. The van der Waals surface area contributed by atoms with Crippen molar-refractivity contribution in [2.24, 2.45) is 0 Å². The monoisotopic (exact) mass is 277 g/mol. The van der Waals surface area contributed by atoms with E-state index in [1.165, 1.54) is 0 Å². The highest BCUT2D eigenvalue weighted by Gasteiger charge is 2.30. The number of rotatable bonds is 1. The Morgan fingerprint density at radius 2 is 1.78 bits per heavy atom. The average Bonchev–Trinajstić information content (AvgIpc) is 2.25. The molecule has 2 rings (SSSR count). The minimum absolute atomic E-state index is 0.0402. The second kappa shape index (κ2) is 3.87. The maximum atomic E-state index is 12.4. The van der Waals surface area contributed by atoms with Crippen LogP contribution in [0, 0.1) is 0 Å². The van der Waals surface area contributed by atoms with E-state index in [1.54, 1.807) is 0 Å². The molecule has 18 heavy (non-hydrogen) atoms. The number of nitrogens with zero attached hydrogens (tertiary/aromatic N) is 3. The van der Waals surface area contributed by atoms with Crippen LogP contribution in [0.25, 0.3) is 11.0 Å². The normalized spacial score (nSPS) is 12.9. The average molecular weight is 277 g/mol. The lowest BCUT2D eigenvalue weighted by Gasteiger charge is -2.06. The van der Waals surface area contributed by atoms with Gasteiger partial charge in [0.25, 0.3) is 5.16 Å². The van der Waals surface area contributed by atoms with Crippen molar-refractivity contribution >= 4 is 20.9 Å². The molecular formula is C9H6F3N3O2S. The van der Waals surface area contributed by atoms with E-state index in [4.69, 9.17) is 0 Å². The van der Waals surface area contributed by atoms with Crippen molar-refractivity contribution < 1.29 is 21.6 Å².